The summed E-state index contributed by atoms with van der Waals surface area (Å²) >= 11 is 0. The molecule has 0 radical (unpaired) electrons. The Hall–Kier alpha value is -2.11. The van der Waals surface area contributed by atoms with Gasteiger partial charge in [-0.15, -0.1) is 0 Å². The summed E-state index contributed by atoms with van der Waals surface area (Å²) < 4.78 is 5.50. The fourth-order valence-electron chi connectivity index (χ4n) is 1.94. The van der Waals surface area contributed by atoms with Gasteiger partial charge in [-0.2, -0.15) is 5.10 Å². The maximum atomic E-state index is 5.61. The van der Waals surface area contributed by atoms with Crippen molar-refractivity contribution in [1.82, 2.24) is 20.2 Å². The molecule has 0 aliphatic carbocycles. The first-order chi connectivity index (χ1) is 8.24. The summed E-state index contributed by atoms with van der Waals surface area (Å²) in [6.07, 6.45) is 1.92. The quantitative estimate of drug-likeness (QED) is 0.766. The highest BCUT2D eigenvalue weighted by molar-refractivity contribution is 5.60. The molecule has 0 amide bonds. The number of hydrogen-bond donors (Lipinski definition) is 2. The van der Waals surface area contributed by atoms with Crippen LogP contribution < -0.4 is 10.5 Å². The fourth-order valence-corrected chi connectivity index (χ4v) is 1.94. The second-order valence-electron chi connectivity index (χ2n) is 4.07. The number of nitrogens with two attached hydrogens (primary N) is 1. The second-order valence-corrected chi connectivity index (χ2v) is 4.07. The lowest BCUT2D eigenvalue weighted by Gasteiger charge is -2.16. The van der Waals surface area contributed by atoms with Gasteiger partial charge in [0.15, 0.2) is 0 Å². The number of aromatic nitrogens is 4. The topological polar surface area (TPSA) is 89.7 Å². The van der Waals surface area contributed by atoms with Crippen LogP contribution in [0.4, 0.5) is 5.82 Å². The Morgan fingerprint density at radius 1 is 1.41 bits per heavy atom. The number of nitrogen functional groups attached to an aromatic ring is 1. The SMILES string of the molecule is Cc1nc2c(nc1-c1cc(N)[nH]n1)OCCC2. The first-order valence-electron chi connectivity index (χ1n) is 5.55. The van der Waals surface area contributed by atoms with Crippen molar-refractivity contribution >= 4 is 5.82 Å². The highest BCUT2D eigenvalue weighted by Gasteiger charge is 2.18. The molecule has 1 aliphatic heterocycles. The lowest BCUT2D eigenvalue weighted by Crippen LogP contribution is -2.13. The van der Waals surface area contributed by atoms with E-state index in [1.807, 2.05) is 6.92 Å². The predicted octanol–water partition coefficient (Wildman–Crippen LogP) is 1.08. The molecule has 0 saturated carbocycles. The minimum absolute atomic E-state index is 0.514. The van der Waals surface area contributed by atoms with E-state index >= 15 is 0 Å². The molecule has 0 spiro atoms. The Kier molecular flexibility index (Phi) is 2.21. The highest BCUT2D eigenvalue weighted by atomic mass is 16.5. The molecule has 0 unspecified atom stereocenters. The number of nitrogens with zero attached hydrogens (tertiary/aromatic N) is 3. The molecule has 3 rings (SSSR count). The third-order valence-electron chi connectivity index (χ3n) is 2.74. The number of H-pyrrole nitrogens is 1. The average molecular weight is 231 g/mol. The van der Waals surface area contributed by atoms with Gasteiger partial charge in [-0.3, -0.25) is 10.1 Å². The van der Waals surface area contributed by atoms with E-state index < -0.39 is 0 Å². The molecular formula is C11H13N5O. The molecule has 3 heterocycles. The molecule has 0 bridgehead atoms. The van der Waals surface area contributed by atoms with Crippen LogP contribution in [0, 0.1) is 6.92 Å². The molecule has 6 heteroatoms. The van der Waals surface area contributed by atoms with E-state index in [-0.39, 0.29) is 0 Å². The van der Waals surface area contributed by atoms with Crippen LogP contribution in [0.3, 0.4) is 0 Å². The van der Waals surface area contributed by atoms with Crippen LogP contribution in [0.5, 0.6) is 5.88 Å². The van der Waals surface area contributed by atoms with Crippen LogP contribution in [-0.4, -0.2) is 26.8 Å². The Labute approximate surface area is 98.2 Å². The monoisotopic (exact) mass is 231 g/mol. The van der Waals surface area contributed by atoms with Gasteiger partial charge in [-0.1, -0.05) is 0 Å². The largest absolute Gasteiger partial charge is 0.476 e. The van der Waals surface area contributed by atoms with Crippen molar-refractivity contribution in [3.05, 3.63) is 17.5 Å². The van der Waals surface area contributed by atoms with E-state index in [0.717, 1.165) is 29.9 Å². The Morgan fingerprint density at radius 2 is 2.29 bits per heavy atom. The first-order valence-corrected chi connectivity index (χ1v) is 5.55. The van der Waals surface area contributed by atoms with Crippen molar-refractivity contribution in [2.24, 2.45) is 0 Å². The minimum atomic E-state index is 0.514. The smallest absolute Gasteiger partial charge is 0.236 e. The van der Waals surface area contributed by atoms with E-state index in [1.165, 1.54) is 0 Å². The molecular weight excluding hydrogens is 218 g/mol. The number of aromatic amines is 1. The summed E-state index contributed by atoms with van der Waals surface area (Å²) in [5, 5.41) is 6.78. The van der Waals surface area contributed by atoms with Gasteiger partial charge in [0.25, 0.3) is 0 Å². The van der Waals surface area contributed by atoms with E-state index in [1.54, 1.807) is 6.07 Å². The molecule has 0 atom stereocenters. The summed E-state index contributed by atoms with van der Waals surface area (Å²) in [5.41, 5.74) is 8.81. The number of hydrogen-bond acceptors (Lipinski definition) is 5. The minimum Gasteiger partial charge on any atom is -0.476 e. The molecule has 88 valence electrons. The van der Waals surface area contributed by atoms with Gasteiger partial charge in [-0.25, -0.2) is 4.98 Å². The van der Waals surface area contributed by atoms with Crippen molar-refractivity contribution in [3.8, 4) is 17.3 Å². The summed E-state index contributed by atoms with van der Waals surface area (Å²) in [7, 11) is 0. The van der Waals surface area contributed by atoms with Gasteiger partial charge in [0.05, 0.1) is 12.3 Å². The van der Waals surface area contributed by atoms with Crippen molar-refractivity contribution in [1.29, 1.82) is 0 Å². The molecule has 1 aliphatic rings. The zero-order chi connectivity index (χ0) is 11.8. The number of fused-ring (bicyclic) bond motifs is 1. The lowest BCUT2D eigenvalue weighted by molar-refractivity contribution is 0.272. The van der Waals surface area contributed by atoms with E-state index in [2.05, 4.69) is 20.2 Å². The van der Waals surface area contributed by atoms with E-state index in [9.17, 15) is 0 Å². The number of rotatable bonds is 1. The summed E-state index contributed by atoms with van der Waals surface area (Å²) in [6.45, 7) is 2.62. The van der Waals surface area contributed by atoms with E-state index in [4.69, 9.17) is 10.5 Å². The molecule has 0 saturated heterocycles. The van der Waals surface area contributed by atoms with Gasteiger partial charge in [0.1, 0.15) is 22.9 Å². The normalized spacial score (nSPS) is 14.2. The van der Waals surface area contributed by atoms with Crippen LogP contribution in [0.25, 0.3) is 11.4 Å². The van der Waals surface area contributed by atoms with Gasteiger partial charge in [0.2, 0.25) is 5.88 Å². The number of anilines is 1. The maximum Gasteiger partial charge on any atom is 0.236 e. The molecule has 3 N–H and O–H groups in total. The molecule has 6 nitrogen and oxygen atoms in total. The standard InChI is InChI=1S/C11H13N5O/c1-6-10(8-5-9(12)16-15-8)14-11-7(13-6)3-2-4-17-11/h5H,2-4H2,1H3,(H3,12,15,16). The summed E-state index contributed by atoms with van der Waals surface area (Å²) in [6, 6.07) is 1.74. The average Bonchev–Trinajstić information content (AvgIpc) is 2.75. The van der Waals surface area contributed by atoms with Crippen LogP contribution in [0.15, 0.2) is 6.07 Å². The zero-order valence-electron chi connectivity index (χ0n) is 9.53. The zero-order valence-corrected chi connectivity index (χ0v) is 9.53. The number of nitrogens with one attached hydrogen (secondary N) is 1. The van der Waals surface area contributed by atoms with Crippen molar-refractivity contribution < 1.29 is 4.74 Å². The van der Waals surface area contributed by atoms with Gasteiger partial charge >= 0.3 is 0 Å². The fraction of sp³-hybridized carbons (Fsp3) is 0.364. The molecule has 2 aromatic heterocycles. The number of ether oxygens (including phenoxy) is 1. The number of aryl methyl sites for hydroxylation is 2. The first kappa shape index (κ1) is 10.1. The third-order valence-corrected chi connectivity index (χ3v) is 2.74. The third kappa shape index (κ3) is 1.71. The Balaban J connectivity index is 2.11. The Morgan fingerprint density at radius 3 is 3.06 bits per heavy atom. The second kappa shape index (κ2) is 3.73. The van der Waals surface area contributed by atoms with Gasteiger partial charge in [0, 0.05) is 6.07 Å². The molecule has 0 fully saturated rings. The van der Waals surface area contributed by atoms with Gasteiger partial charge in [-0.05, 0) is 19.8 Å². The molecule has 0 aromatic carbocycles. The molecule has 2 aromatic rings. The van der Waals surface area contributed by atoms with Crippen LogP contribution in [0.2, 0.25) is 0 Å². The Bertz CT molecular complexity index is 563. The maximum absolute atomic E-state index is 5.61. The van der Waals surface area contributed by atoms with Gasteiger partial charge < -0.3 is 10.5 Å². The van der Waals surface area contributed by atoms with Crippen molar-refractivity contribution in [2.75, 3.05) is 12.3 Å². The highest BCUT2D eigenvalue weighted by Crippen LogP contribution is 2.27. The predicted molar refractivity (Wildman–Crippen MR) is 62.6 cm³/mol. The van der Waals surface area contributed by atoms with E-state index in [0.29, 0.717) is 24.0 Å². The van der Waals surface area contributed by atoms with Crippen LogP contribution >= 0.6 is 0 Å². The summed E-state index contributed by atoms with van der Waals surface area (Å²) in [5.74, 6) is 1.14. The van der Waals surface area contributed by atoms with Crippen LogP contribution in [0.1, 0.15) is 17.8 Å². The van der Waals surface area contributed by atoms with Crippen molar-refractivity contribution in [3.63, 3.8) is 0 Å². The van der Waals surface area contributed by atoms with Crippen molar-refractivity contribution in [2.45, 2.75) is 19.8 Å². The molecule has 17 heavy (non-hydrogen) atoms. The van der Waals surface area contributed by atoms with Crippen LogP contribution in [-0.2, 0) is 6.42 Å². The summed E-state index contributed by atoms with van der Waals surface area (Å²) in [4.78, 5) is 8.99. The lowest BCUT2D eigenvalue weighted by atomic mass is 10.2.